The van der Waals surface area contributed by atoms with Gasteiger partial charge in [-0.1, -0.05) is 36.0 Å². The van der Waals surface area contributed by atoms with Gasteiger partial charge in [-0.3, -0.25) is 14.2 Å². The molecule has 1 aliphatic heterocycles. The number of benzene rings is 1. The molecule has 33 heavy (non-hydrogen) atoms. The quantitative estimate of drug-likeness (QED) is 0.183. The fourth-order valence-corrected chi connectivity index (χ4v) is 6.78. The lowest BCUT2D eigenvalue weighted by Crippen LogP contribution is -2.27. The van der Waals surface area contributed by atoms with Crippen LogP contribution in [0, 0.1) is 0 Å². The van der Waals surface area contributed by atoms with Crippen LogP contribution in [0.25, 0.3) is 20.7 Å². The van der Waals surface area contributed by atoms with Crippen molar-refractivity contribution in [3.05, 3.63) is 81.3 Å². The molecule has 3 aromatic heterocycles. The molecule has 1 aliphatic rings. The molecule has 1 aromatic carbocycles. The van der Waals surface area contributed by atoms with Gasteiger partial charge in [-0.25, -0.2) is 4.98 Å². The molecule has 1 fully saturated rings. The summed E-state index contributed by atoms with van der Waals surface area (Å²) in [7, 11) is 0. The van der Waals surface area contributed by atoms with Gasteiger partial charge in [-0.15, -0.1) is 29.3 Å². The van der Waals surface area contributed by atoms with E-state index in [1.165, 1.54) is 23.1 Å². The monoisotopic (exact) mass is 493 g/mol. The van der Waals surface area contributed by atoms with Crippen LogP contribution in [0.3, 0.4) is 0 Å². The predicted octanol–water partition coefficient (Wildman–Crippen LogP) is 5.90. The van der Waals surface area contributed by atoms with Gasteiger partial charge in [0.15, 0.2) is 5.16 Å². The molecule has 8 heteroatoms. The van der Waals surface area contributed by atoms with Gasteiger partial charge in [0.25, 0.3) is 11.5 Å². The molecular formula is C25H23N3O2S3. The Morgan fingerprint density at radius 1 is 1.15 bits per heavy atom. The summed E-state index contributed by atoms with van der Waals surface area (Å²) >= 11 is 4.67. The first kappa shape index (κ1) is 22.1. The van der Waals surface area contributed by atoms with E-state index >= 15 is 0 Å². The second kappa shape index (κ2) is 9.67. The summed E-state index contributed by atoms with van der Waals surface area (Å²) in [6.07, 6.45) is 3.90. The van der Waals surface area contributed by atoms with Crippen LogP contribution in [0.1, 0.15) is 28.8 Å². The van der Waals surface area contributed by atoms with E-state index < -0.39 is 0 Å². The van der Waals surface area contributed by atoms with E-state index in [4.69, 9.17) is 4.98 Å². The predicted molar refractivity (Wildman–Crippen MR) is 139 cm³/mol. The summed E-state index contributed by atoms with van der Waals surface area (Å²) in [6, 6.07) is 11.8. The van der Waals surface area contributed by atoms with Crippen molar-refractivity contribution in [2.45, 2.75) is 30.3 Å². The highest BCUT2D eigenvalue weighted by atomic mass is 32.2. The highest BCUT2D eigenvalue weighted by molar-refractivity contribution is 7.98. The van der Waals surface area contributed by atoms with E-state index in [2.05, 4.69) is 6.58 Å². The molecule has 4 heterocycles. The Kier molecular flexibility index (Phi) is 6.48. The number of aromatic nitrogens is 2. The number of carbonyl (C=O) groups excluding carboxylic acids is 1. The molecule has 1 amide bonds. The minimum Gasteiger partial charge on any atom is -0.339 e. The summed E-state index contributed by atoms with van der Waals surface area (Å²) in [6.45, 7) is 5.94. The average Bonchev–Trinajstić information content (AvgIpc) is 3.61. The van der Waals surface area contributed by atoms with Gasteiger partial charge in [0.1, 0.15) is 4.83 Å². The maximum absolute atomic E-state index is 13.4. The second-order valence-electron chi connectivity index (χ2n) is 7.89. The lowest BCUT2D eigenvalue weighted by Gasteiger charge is -2.15. The normalized spacial score (nSPS) is 13.6. The van der Waals surface area contributed by atoms with Crippen molar-refractivity contribution in [2.75, 3.05) is 13.1 Å². The highest BCUT2D eigenvalue weighted by Gasteiger charge is 2.20. The minimum absolute atomic E-state index is 0.0291. The van der Waals surface area contributed by atoms with Crippen molar-refractivity contribution in [1.29, 1.82) is 0 Å². The average molecular weight is 494 g/mol. The first-order valence-electron chi connectivity index (χ1n) is 10.8. The molecule has 0 bridgehead atoms. The van der Waals surface area contributed by atoms with Crippen LogP contribution in [0.4, 0.5) is 0 Å². The van der Waals surface area contributed by atoms with Gasteiger partial charge >= 0.3 is 0 Å². The summed E-state index contributed by atoms with van der Waals surface area (Å²) in [5.74, 6) is 0.772. The zero-order valence-electron chi connectivity index (χ0n) is 18.0. The van der Waals surface area contributed by atoms with Gasteiger partial charge in [0, 0.05) is 46.8 Å². The Morgan fingerprint density at radius 3 is 2.64 bits per heavy atom. The summed E-state index contributed by atoms with van der Waals surface area (Å²) < 4.78 is 1.70. The molecule has 0 N–H and O–H groups in total. The molecule has 0 unspecified atom stereocenters. The summed E-state index contributed by atoms with van der Waals surface area (Å²) in [5.41, 5.74) is 2.74. The SMILES string of the molecule is C=CCn1c(SCc2ccc(C(=O)N3CCCC3)cc2)nc2scc(-c3cccs3)c2c1=O. The molecule has 5 nitrogen and oxygen atoms in total. The second-order valence-corrected chi connectivity index (χ2v) is 10.6. The largest absolute Gasteiger partial charge is 0.339 e. The van der Waals surface area contributed by atoms with Crippen molar-refractivity contribution in [3.8, 4) is 10.4 Å². The van der Waals surface area contributed by atoms with Crippen molar-refractivity contribution >= 4 is 50.6 Å². The number of likely N-dealkylation sites (tertiary alicyclic amines) is 1. The van der Waals surface area contributed by atoms with E-state index in [1.807, 2.05) is 52.1 Å². The molecule has 0 atom stereocenters. The number of hydrogen-bond donors (Lipinski definition) is 0. The Labute approximate surface area is 204 Å². The molecule has 0 radical (unpaired) electrons. The van der Waals surface area contributed by atoms with E-state index in [-0.39, 0.29) is 11.5 Å². The smallest absolute Gasteiger partial charge is 0.263 e. The number of amides is 1. The third-order valence-electron chi connectivity index (χ3n) is 5.72. The molecule has 168 valence electrons. The zero-order chi connectivity index (χ0) is 22.8. The minimum atomic E-state index is -0.0291. The molecule has 0 saturated carbocycles. The highest BCUT2D eigenvalue weighted by Crippen LogP contribution is 2.35. The van der Waals surface area contributed by atoms with Gasteiger partial charge in [-0.2, -0.15) is 0 Å². The fraction of sp³-hybridized carbons (Fsp3) is 0.240. The first-order valence-corrected chi connectivity index (χ1v) is 13.6. The molecule has 0 aliphatic carbocycles. The van der Waals surface area contributed by atoms with Crippen LogP contribution in [0.2, 0.25) is 0 Å². The third kappa shape index (κ3) is 4.43. The zero-order valence-corrected chi connectivity index (χ0v) is 20.5. The standard InChI is InChI=1S/C25H23N3O2S3/c1-2-11-28-24(30)21-19(20-6-5-14-31-20)16-32-22(21)26-25(28)33-15-17-7-9-18(10-8-17)23(29)27-12-3-4-13-27/h2,5-10,14,16H,1,3-4,11-13,15H2. The molecule has 5 rings (SSSR count). The molecular weight excluding hydrogens is 470 g/mol. The van der Waals surface area contributed by atoms with Gasteiger partial charge < -0.3 is 4.90 Å². The number of fused-ring (bicyclic) bond motifs is 1. The summed E-state index contributed by atoms with van der Waals surface area (Å²) in [4.78, 5) is 34.6. The van der Waals surface area contributed by atoms with Crippen molar-refractivity contribution in [3.63, 3.8) is 0 Å². The van der Waals surface area contributed by atoms with Crippen molar-refractivity contribution in [1.82, 2.24) is 14.5 Å². The lowest BCUT2D eigenvalue weighted by atomic mass is 10.1. The number of nitrogens with zero attached hydrogens (tertiary/aromatic N) is 3. The van der Waals surface area contributed by atoms with Crippen LogP contribution in [-0.4, -0.2) is 33.4 Å². The van der Waals surface area contributed by atoms with Crippen molar-refractivity contribution in [2.24, 2.45) is 0 Å². The van der Waals surface area contributed by atoms with E-state index in [1.54, 1.807) is 22.0 Å². The van der Waals surface area contributed by atoms with Crippen LogP contribution in [0.5, 0.6) is 0 Å². The molecule has 0 spiro atoms. The maximum atomic E-state index is 13.4. The Bertz CT molecular complexity index is 1350. The van der Waals surface area contributed by atoms with E-state index in [0.717, 1.165) is 52.3 Å². The van der Waals surface area contributed by atoms with E-state index in [9.17, 15) is 9.59 Å². The fourth-order valence-electron chi connectivity index (χ4n) is 4.01. The van der Waals surface area contributed by atoms with Crippen LogP contribution in [0.15, 0.2) is 69.8 Å². The lowest BCUT2D eigenvalue weighted by molar-refractivity contribution is 0.0793. The molecule has 1 saturated heterocycles. The summed E-state index contributed by atoms with van der Waals surface area (Å²) in [5, 5.41) is 5.40. The topological polar surface area (TPSA) is 55.2 Å². The number of hydrogen-bond acceptors (Lipinski definition) is 6. The number of carbonyl (C=O) groups is 1. The number of rotatable bonds is 7. The van der Waals surface area contributed by atoms with Crippen molar-refractivity contribution < 1.29 is 4.79 Å². The third-order valence-corrected chi connectivity index (χ3v) is 8.54. The Balaban J connectivity index is 1.39. The van der Waals surface area contributed by atoms with Crippen LogP contribution in [-0.2, 0) is 12.3 Å². The van der Waals surface area contributed by atoms with Crippen LogP contribution < -0.4 is 5.56 Å². The maximum Gasteiger partial charge on any atom is 0.263 e. The van der Waals surface area contributed by atoms with Gasteiger partial charge in [0.2, 0.25) is 0 Å². The number of allylic oxidation sites excluding steroid dienone is 1. The number of thiophene rings is 2. The van der Waals surface area contributed by atoms with Gasteiger partial charge in [-0.05, 0) is 42.0 Å². The number of thioether (sulfide) groups is 1. The van der Waals surface area contributed by atoms with E-state index in [0.29, 0.717) is 22.8 Å². The Morgan fingerprint density at radius 2 is 1.94 bits per heavy atom. The molecule has 4 aromatic rings. The Hall–Kier alpha value is -2.68. The first-order chi connectivity index (χ1) is 16.2. The van der Waals surface area contributed by atoms with Crippen LogP contribution >= 0.6 is 34.4 Å². The van der Waals surface area contributed by atoms with Gasteiger partial charge in [0.05, 0.1) is 5.39 Å².